The number of likely N-dealkylation sites (tertiary alicyclic amines) is 1. The van der Waals surface area contributed by atoms with Crippen molar-refractivity contribution < 1.29 is 4.52 Å². The molecular weight excluding hydrogens is 300 g/mol. The molecule has 4 fully saturated rings. The van der Waals surface area contributed by atoms with Crippen molar-refractivity contribution in [1.29, 1.82) is 0 Å². The van der Waals surface area contributed by atoms with Gasteiger partial charge >= 0.3 is 0 Å². The highest BCUT2D eigenvalue weighted by Gasteiger charge is 2.54. The number of nitrogens with zero attached hydrogens (tertiary/aromatic N) is 3. The topological polar surface area (TPSA) is 54.2 Å². The van der Waals surface area contributed by atoms with Gasteiger partial charge in [-0.15, -0.1) is 0 Å². The van der Waals surface area contributed by atoms with Crippen LogP contribution in [-0.2, 0) is 11.8 Å². The van der Waals surface area contributed by atoms with E-state index in [9.17, 15) is 0 Å². The number of hydrogen-bond donors (Lipinski definition) is 1. The van der Waals surface area contributed by atoms with E-state index in [2.05, 4.69) is 15.4 Å². The molecule has 1 N–H and O–H groups in total. The molecule has 2 atom stereocenters. The fraction of sp³-hybridized carbons (Fsp3) is 0.895. The summed E-state index contributed by atoms with van der Waals surface area (Å²) >= 11 is 0. The first-order valence-electron chi connectivity index (χ1n) is 10.1. The van der Waals surface area contributed by atoms with Crippen LogP contribution in [0.2, 0.25) is 0 Å². The molecule has 5 nitrogen and oxygen atoms in total. The summed E-state index contributed by atoms with van der Waals surface area (Å²) in [4.78, 5) is 7.59. The molecule has 5 rings (SSSR count). The summed E-state index contributed by atoms with van der Waals surface area (Å²) in [5.74, 6) is 4.36. The van der Waals surface area contributed by atoms with Crippen molar-refractivity contribution in [2.45, 2.75) is 56.8 Å². The highest BCUT2D eigenvalue weighted by atomic mass is 16.5. The standard InChI is InChI=1S/C19H30N4O/c1-2-16-12-23(11-15-5-8-20-9-6-15)13-19(16,7-1)18-21-17(22-24-18)10-14-3-4-14/h14-16,20H,1-13H2/t16-,19-/m1/s1. The maximum atomic E-state index is 5.82. The van der Waals surface area contributed by atoms with Crippen LogP contribution in [0.25, 0.3) is 0 Å². The summed E-state index contributed by atoms with van der Waals surface area (Å²) in [6.45, 7) is 6.04. The van der Waals surface area contributed by atoms with Crippen LogP contribution in [-0.4, -0.2) is 47.8 Å². The van der Waals surface area contributed by atoms with Crippen molar-refractivity contribution in [2.24, 2.45) is 17.8 Å². The predicted octanol–water partition coefficient (Wildman–Crippen LogP) is 2.38. The Labute approximate surface area is 144 Å². The molecule has 5 heteroatoms. The van der Waals surface area contributed by atoms with E-state index in [4.69, 9.17) is 9.51 Å². The van der Waals surface area contributed by atoms with Gasteiger partial charge in [-0.25, -0.2) is 0 Å². The second-order valence-electron chi connectivity index (χ2n) is 8.80. The van der Waals surface area contributed by atoms with E-state index in [0.717, 1.165) is 42.4 Å². The lowest BCUT2D eigenvalue weighted by Gasteiger charge is -2.29. The third-order valence-electron chi connectivity index (χ3n) is 6.98. The van der Waals surface area contributed by atoms with Crippen molar-refractivity contribution in [3.05, 3.63) is 11.7 Å². The first-order valence-corrected chi connectivity index (χ1v) is 10.1. The minimum Gasteiger partial charge on any atom is -0.339 e. The molecule has 0 spiro atoms. The molecular formula is C19H30N4O. The van der Waals surface area contributed by atoms with E-state index in [0.29, 0.717) is 0 Å². The normalized spacial score (nSPS) is 34.8. The summed E-state index contributed by atoms with van der Waals surface area (Å²) in [5, 5.41) is 7.81. The van der Waals surface area contributed by atoms with Crippen LogP contribution >= 0.6 is 0 Å². The summed E-state index contributed by atoms with van der Waals surface area (Å²) in [6.07, 6.45) is 10.3. The lowest BCUT2D eigenvalue weighted by Crippen LogP contribution is -2.37. The molecule has 132 valence electrons. The second-order valence-corrected chi connectivity index (χ2v) is 8.80. The fourth-order valence-corrected chi connectivity index (χ4v) is 5.43. The number of rotatable bonds is 5. The second kappa shape index (κ2) is 6.10. The van der Waals surface area contributed by atoms with Gasteiger partial charge in [-0.1, -0.05) is 11.6 Å². The van der Waals surface area contributed by atoms with Gasteiger partial charge in [0.1, 0.15) is 0 Å². The van der Waals surface area contributed by atoms with Gasteiger partial charge in [0.05, 0.1) is 5.41 Å². The summed E-state index contributed by atoms with van der Waals surface area (Å²) < 4.78 is 5.82. The van der Waals surface area contributed by atoms with Crippen molar-refractivity contribution >= 4 is 0 Å². The maximum absolute atomic E-state index is 5.82. The zero-order chi connectivity index (χ0) is 16.0. The van der Waals surface area contributed by atoms with E-state index < -0.39 is 0 Å². The Bertz CT molecular complexity index is 578. The van der Waals surface area contributed by atoms with Gasteiger partial charge in [-0.2, -0.15) is 4.98 Å². The van der Waals surface area contributed by atoms with Crippen molar-refractivity contribution in [1.82, 2.24) is 20.4 Å². The Morgan fingerprint density at radius 1 is 1.12 bits per heavy atom. The zero-order valence-corrected chi connectivity index (χ0v) is 14.7. The van der Waals surface area contributed by atoms with Crippen LogP contribution in [0, 0.1) is 17.8 Å². The molecule has 2 saturated heterocycles. The average Bonchev–Trinajstić information content (AvgIpc) is 2.97. The molecule has 0 radical (unpaired) electrons. The van der Waals surface area contributed by atoms with Gasteiger partial charge < -0.3 is 14.7 Å². The molecule has 24 heavy (non-hydrogen) atoms. The van der Waals surface area contributed by atoms with Crippen LogP contribution in [0.4, 0.5) is 0 Å². The van der Waals surface area contributed by atoms with Crippen LogP contribution in [0.5, 0.6) is 0 Å². The predicted molar refractivity (Wildman–Crippen MR) is 91.8 cm³/mol. The van der Waals surface area contributed by atoms with E-state index in [1.807, 2.05) is 0 Å². The molecule has 1 aromatic heterocycles. The van der Waals surface area contributed by atoms with E-state index in [-0.39, 0.29) is 5.41 Å². The van der Waals surface area contributed by atoms with Gasteiger partial charge in [-0.05, 0) is 69.4 Å². The Morgan fingerprint density at radius 2 is 2.00 bits per heavy atom. The Balaban J connectivity index is 1.30. The smallest absolute Gasteiger partial charge is 0.234 e. The third kappa shape index (κ3) is 2.80. The highest BCUT2D eigenvalue weighted by molar-refractivity contribution is 5.17. The molecule has 1 aromatic rings. The monoisotopic (exact) mass is 330 g/mol. The van der Waals surface area contributed by atoms with Crippen LogP contribution in [0.1, 0.15) is 56.7 Å². The first kappa shape index (κ1) is 15.3. The number of aromatic nitrogens is 2. The Kier molecular flexibility index (Phi) is 3.89. The average molecular weight is 330 g/mol. The van der Waals surface area contributed by atoms with Gasteiger partial charge in [0.15, 0.2) is 5.82 Å². The van der Waals surface area contributed by atoms with Gasteiger partial charge in [0.2, 0.25) is 5.89 Å². The van der Waals surface area contributed by atoms with Crippen molar-refractivity contribution in [3.8, 4) is 0 Å². The van der Waals surface area contributed by atoms with Crippen LogP contribution in [0.3, 0.4) is 0 Å². The third-order valence-corrected chi connectivity index (χ3v) is 6.98. The van der Waals surface area contributed by atoms with E-state index >= 15 is 0 Å². The molecule has 2 aliphatic carbocycles. The number of fused-ring (bicyclic) bond motifs is 1. The molecule has 0 aromatic carbocycles. The zero-order valence-electron chi connectivity index (χ0n) is 14.7. The van der Waals surface area contributed by atoms with E-state index in [1.165, 1.54) is 71.1 Å². The minimum absolute atomic E-state index is 0.168. The number of piperidine rings is 1. The largest absolute Gasteiger partial charge is 0.339 e. The first-order chi connectivity index (χ1) is 11.8. The molecule has 4 aliphatic rings. The number of nitrogens with one attached hydrogen (secondary N) is 1. The number of hydrogen-bond acceptors (Lipinski definition) is 5. The lowest BCUT2D eigenvalue weighted by molar-refractivity contribution is 0.212. The van der Waals surface area contributed by atoms with Crippen molar-refractivity contribution in [3.63, 3.8) is 0 Å². The highest BCUT2D eigenvalue weighted by Crippen LogP contribution is 2.50. The lowest BCUT2D eigenvalue weighted by atomic mass is 9.80. The van der Waals surface area contributed by atoms with Gasteiger partial charge in [0.25, 0.3) is 0 Å². The SMILES string of the molecule is C1C[C@@H]2CN(CC3CCNCC3)C[C@]2(c2nc(CC3CC3)no2)C1. The molecule has 2 saturated carbocycles. The van der Waals surface area contributed by atoms with Gasteiger partial charge in [0, 0.05) is 26.1 Å². The molecule has 2 aliphatic heterocycles. The molecule has 0 amide bonds. The summed E-state index contributed by atoms with van der Waals surface area (Å²) in [5.41, 5.74) is 0.168. The Hall–Kier alpha value is -0.940. The minimum atomic E-state index is 0.168. The van der Waals surface area contributed by atoms with Crippen LogP contribution in [0.15, 0.2) is 4.52 Å². The quantitative estimate of drug-likeness (QED) is 0.898. The Morgan fingerprint density at radius 3 is 2.83 bits per heavy atom. The molecule has 3 heterocycles. The molecule has 0 bridgehead atoms. The van der Waals surface area contributed by atoms with Crippen molar-refractivity contribution in [2.75, 3.05) is 32.7 Å². The van der Waals surface area contributed by atoms with Crippen LogP contribution < -0.4 is 5.32 Å². The molecule has 0 unspecified atom stereocenters. The fourth-order valence-electron chi connectivity index (χ4n) is 5.43. The van der Waals surface area contributed by atoms with Gasteiger partial charge in [-0.3, -0.25) is 0 Å². The van der Waals surface area contributed by atoms with E-state index in [1.54, 1.807) is 0 Å². The maximum Gasteiger partial charge on any atom is 0.234 e. The summed E-state index contributed by atoms with van der Waals surface area (Å²) in [7, 11) is 0. The summed E-state index contributed by atoms with van der Waals surface area (Å²) in [6, 6.07) is 0.